The maximum absolute atomic E-state index is 12.2. The number of fused-ring (bicyclic) bond motifs is 1. The topological polar surface area (TPSA) is 64.6 Å². The lowest BCUT2D eigenvalue weighted by Gasteiger charge is -2.19. The van der Waals surface area contributed by atoms with E-state index in [-0.39, 0.29) is 23.1 Å². The molecule has 0 fully saturated rings. The third kappa shape index (κ3) is 1.64. The Hall–Kier alpha value is -2.30. The number of anilines is 1. The SMILES string of the molecule is CNc1ccc2c(c1)C(=O)C(OC)=C(OC)C2=O. The van der Waals surface area contributed by atoms with Gasteiger partial charge in [0.2, 0.25) is 23.1 Å². The van der Waals surface area contributed by atoms with Gasteiger partial charge < -0.3 is 14.8 Å². The summed E-state index contributed by atoms with van der Waals surface area (Å²) >= 11 is 0. The molecule has 0 spiro atoms. The number of allylic oxidation sites excluding steroid dienone is 2. The van der Waals surface area contributed by atoms with Crippen LogP contribution in [-0.4, -0.2) is 32.8 Å². The third-order valence-electron chi connectivity index (χ3n) is 2.82. The zero-order valence-electron chi connectivity index (χ0n) is 10.4. The molecule has 1 aliphatic rings. The van der Waals surface area contributed by atoms with Gasteiger partial charge in [-0.1, -0.05) is 0 Å². The Morgan fingerprint density at radius 1 is 0.944 bits per heavy atom. The molecule has 0 heterocycles. The van der Waals surface area contributed by atoms with Crippen molar-refractivity contribution in [3.05, 3.63) is 40.8 Å². The lowest BCUT2D eigenvalue weighted by molar-refractivity contribution is 0.0829. The van der Waals surface area contributed by atoms with E-state index in [9.17, 15) is 9.59 Å². The highest BCUT2D eigenvalue weighted by atomic mass is 16.5. The molecule has 18 heavy (non-hydrogen) atoms. The standard InChI is InChI=1S/C13H13NO4/c1-14-7-4-5-8-9(6-7)11(16)13(18-3)12(17-2)10(8)15/h4-6,14H,1-3H3. The molecule has 0 atom stereocenters. The van der Waals surface area contributed by atoms with Crippen LogP contribution < -0.4 is 5.32 Å². The zero-order valence-corrected chi connectivity index (χ0v) is 10.4. The van der Waals surface area contributed by atoms with Gasteiger partial charge in [0.15, 0.2) is 0 Å². The van der Waals surface area contributed by atoms with E-state index in [1.54, 1.807) is 25.2 Å². The van der Waals surface area contributed by atoms with Crippen LogP contribution in [0.2, 0.25) is 0 Å². The molecule has 5 nitrogen and oxygen atoms in total. The van der Waals surface area contributed by atoms with E-state index in [1.807, 2.05) is 0 Å². The Bertz CT molecular complexity index is 560. The smallest absolute Gasteiger partial charge is 0.232 e. The van der Waals surface area contributed by atoms with Crippen LogP contribution in [0.25, 0.3) is 0 Å². The number of carbonyl (C=O) groups excluding carboxylic acids is 2. The van der Waals surface area contributed by atoms with Gasteiger partial charge in [0.25, 0.3) is 0 Å². The van der Waals surface area contributed by atoms with Crippen molar-refractivity contribution in [2.45, 2.75) is 0 Å². The van der Waals surface area contributed by atoms with Crippen molar-refractivity contribution >= 4 is 17.3 Å². The van der Waals surface area contributed by atoms with Crippen molar-refractivity contribution in [2.24, 2.45) is 0 Å². The summed E-state index contributed by atoms with van der Waals surface area (Å²) in [7, 11) is 4.42. The Morgan fingerprint density at radius 2 is 1.50 bits per heavy atom. The summed E-state index contributed by atoms with van der Waals surface area (Å²) in [6.45, 7) is 0. The normalized spacial score (nSPS) is 14.4. The average molecular weight is 247 g/mol. The van der Waals surface area contributed by atoms with Crippen LogP contribution in [0.3, 0.4) is 0 Å². The van der Waals surface area contributed by atoms with Crippen LogP contribution in [-0.2, 0) is 9.47 Å². The first-order chi connectivity index (χ1) is 8.63. The number of hydrogen-bond acceptors (Lipinski definition) is 5. The second kappa shape index (κ2) is 4.52. The van der Waals surface area contributed by atoms with Crippen molar-refractivity contribution in [3.8, 4) is 0 Å². The van der Waals surface area contributed by atoms with E-state index in [0.717, 1.165) is 5.69 Å². The molecular weight excluding hydrogens is 234 g/mol. The van der Waals surface area contributed by atoms with Crippen LogP contribution in [0.1, 0.15) is 20.7 Å². The molecule has 0 saturated heterocycles. The number of nitrogens with one attached hydrogen (secondary N) is 1. The van der Waals surface area contributed by atoms with E-state index in [2.05, 4.69) is 5.32 Å². The summed E-state index contributed by atoms with van der Waals surface area (Å²) in [5, 5.41) is 2.92. The number of carbonyl (C=O) groups is 2. The van der Waals surface area contributed by atoms with Crippen LogP contribution in [0.15, 0.2) is 29.7 Å². The van der Waals surface area contributed by atoms with Crippen molar-refractivity contribution in [1.29, 1.82) is 0 Å². The second-order valence-electron chi connectivity index (χ2n) is 3.74. The molecule has 0 unspecified atom stereocenters. The number of rotatable bonds is 3. The maximum atomic E-state index is 12.2. The summed E-state index contributed by atoms with van der Waals surface area (Å²) in [5.41, 5.74) is 1.41. The molecule has 1 aromatic rings. The Kier molecular flexibility index (Phi) is 3.06. The molecular formula is C13H13NO4. The summed E-state index contributed by atoms with van der Waals surface area (Å²) in [5.74, 6) is -0.789. The maximum Gasteiger partial charge on any atom is 0.232 e. The summed E-state index contributed by atoms with van der Waals surface area (Å²) in [6.07, 6.45) is 0. The molecule has 5 heteroatoms. The molecule has 0 saturated carbocycles. The molecule has 94 valence electrons. The van der Waals surface area contributed by atoms with Gasteiger partial charge in [-0.3, -0.25) is 9.59 Å². The molecule has 2 rings (SSSR count). The van der Waals surface area contributed by atoms with Gasteiger partial charge in [-0.2, -0.15) is 0 Å². The minimum atomic E-state index is -0.346. The Morgan fingerprint density at radius 3 is 2.00 bits per heavy atom. The van der Waals surface area contributed by atoms with E-state index in [4.69, 9.17) is 9.47 Å². The fourth-order valence-corrected chi connectivity index (χ4v) is 1.91. The molecule has 0 aromatic heterocycles. The molecule has 1 N–H and O–H groups in total. The van der Waals surface area contributed by atoms with Crippen LogP contribution in [0, 0.1) is 0 Å². The van der Waals surface area contributed by atoms with Crippen LogP contribution in [0.4, 0.5) is 5.69 Å². The predicted molar refractivity (Wildman–Crippen MR) is 65.7 cm³/mol. The predicted octanol–water partition coefficient (Wildman–Crippen LogP) is 1.61. The van der Waals surface area contributed by atoms with Gasteiger partial charge in [0.1, 0.15) is 0 Å². The summed E-state index contributed by atoms with van der Waals surface area (Å²) in [4.78, 5) is 24.3. The van der Waals surface area contributed by atoms with Crippen molar-refractivity contribution in [3.63, 3.8) is 0 Å². The minimum Gasteiger partial charge on any atom is -0.489 e. The average Bonchev–Trinajstić information content (AvgIpc) is 2.41. The minimum absolute atomic E-state index is 0.0489. The monoisotopic (exact) mass is 247 g/mol. The number of methoxy groups -OCH3 is 2. The van der Waals surface area contributed by atoms with Gasteiger partial charge in [0, 0.05) is 23.9 Å². The first-order valence-electron chi connectivity index (χ1n) is 5.37. The number of Topliss-reactive ketones (excluding diaryl/α,β-unsaturated/α-hetero) is 2. The number of hydrogen-bond donors (Lipinski definition) is 1. The molecule has 1 aliphatic carbocycles. The Labute approximate surface area is 104 Å². The van der Waals surface area contributed by atoms with Gasteiger partial charge in [0.05, 0.1) is 14.2 Å². The lowest BCUT2D eigenvalue weighted by atomic mass is 9.91. The fraction of sp³-hybridized carbons (Fsp3) is 0.231. The molecule has 0 amide bonds. The number of ether oxygens (including phenoxy) is 2. The van der Waals surface area contributed by atoms with Gasteiger partial charge in [-0.15, -0.1) is 0 Å². The molecule has 0 aliphatic heterocycles. The van der Waals surface area contributed by atoms with Gasteiger partial charge in [-0.05, 0) is 18.2 Å². The van der Waals surface area contributed by atoms with Crippen molar-refractivity contribution in [2.75, 3.05) is 26.6 Å². The third-order valence-corrected chi connectivity index (χ3v) is 2.82. The van der Waals surface area contributed by atoms with Crippen molar-refractivity contribution < 1.29 is 19.1 Å². The number of benzene rings is 1. The van der Waals surface area contributed by atoms with Crippen LogP contribution in [0.5, 0.6) is 0 Å². The highest BCUT2D eigenvalue weighted by Gasteiger charge is 2.34. The highest BCUT2D eigenvalue weighted by Crippen LogP contribution is 2.28. The first kappa shape index (κ1) is 12.2. The molecule has 0 radical (unpaired) electrons. The molecule has 1 aromatic carbocycles. The second-order valence-corrected chi connectivity index (χ2v) is 3.74. The first-order valence-corrected chi connectivity index (χ1v) is 5.37. The van der Waals surface area contributed by atoms with E-state index in [1.165, 1.54) is 14.2 Å². The summed E-state index contributed by atoms with van der Waals surface area (Å²) in [6, 6.07) is 4.96. The Balaban J connectivity index is 2.64. The number of ketones is 2. The van der Waals surface area contributed by atoms with Crippen LogP contribution >= 0.6 is 0 Å². The van der Waals surface area contributed by atoms with Crippen molar-refractivity contribution in [1.82, 2.24) is 0 Å². The largest absolute Gasteiger partial charge is 0.489 e. The molecule has 0 bridgehead atoms. The van der Waals surface area contributed by atoms with Gasteiger partial charge >= 0.3 is 0 Å². The van der Waals surface area contributed by atoms with Gasteiger partial charge in [-0.25, -0.2) is 0 Å². The highest BCUT2D eigenvalue weighted by molar-refractivity contribution is 6.25. The van der Waals surface area contributed by atoms with E-state index in [0.29, 0.717) is 11.1 Å². The fourth-order valence-electron chi connectivity index (χ4n) is 1.91. The zero-order chi connectivity index (χ0) is 13.3. The summed E-state index contributed by atoms with van der Waals surface area (Å²) < 4.78 is 9.93. The quantitative estimate of drug-likeness (QED) is 0.879. The lowest BCUT2D eigenvalue weighted by Crippen LogP contribution is -2.24. The van der Waals surface area contributed by atoms with E-state index >= 15 is 0 Å². The van der Waals surface area contributed by atoms with E-state index < -0.39 is 0 Å².